The SMILES string of the molecule is C=CCn1c(COc2ccc(F)cc2)nn(C[NH+](C)Cc2ccccc2C)c1=S. The summed E-state index contributed by atoms with van der Waals surface area (Å²) in [7, 11) is 2.12. The molecule has 0 aliphatic carbocycles. The molecule has 1 aromatic heterocycles. The third-order valence-corrected chi connectivity index (χ3v) is 5.10. The quantitative estimate of drug-likeness (QED) is 0.432. The van der Waals surface area contributed by atoms with Gasteiger partial charge >= 0.3 is 0 Å². The van der Waals surface area contributed by atoms with Gasteiger partial charge in [0.15, 0.2) is 12.5 Å². The molecule has 0 spiro atoms. The molecule has 3 aromatic rings. The van der Waals surface area contributed by atoms with Gasteiger partial charge in [-0.2, -0.15) is 4.68 Å². The lowest BCUT2D eigenvalue weighted by Gasteiger charge is -2.15. The van der Waals surface area contributed by atoms with Crippen molar-refractivity contribution in [2.75, 3.05) is 7.05 Å². The van der Waals surface area contributed by atoms with E-state index in [-0.39, 0.29) is 12.4 Å². The van der Waals surface area contributed by atoms with Crippen LogP contribution in [0.25, 0.3) is 0 Å². The van der Waals surface area contributed by atoms with Gasteiger partial charge < -0.3 is 9.64 Å². The van der Waals surface area contributed by atoms with Gasteiger partial charge in [0, 0.05) is 12.1 Å². The van der Waals surface area contributed by atoms with Crippen LogP contribution < -0.4 is 9.64 Å². The van der Waals surface area contributed by atoms with Crippen molar-refractivity contribution in [2.45, 2.75) is 33.3 Å². The first-order valence-electron chi connectivity index (χ1n) is 9.49. The predicted octanol–water partition coefficient (Wildman–Crippen LogP) is 3.30. The lowest BCUT2D eigenvalue weighted by Crippen LogP contribution is -3.07. The van der Waals surface area contributed by atoms with E-state index in [4.69, 9.17) is 17.0 Å². The van der Waals surface area contributed by atoms with Crippen LogP contribution in [0.5, 0.6) is 5.75 Å². The molecule has 152 valence electrons. The maximum atomic E-state index is 13.1. The zero-order valence-electron chi connectivity index (χ0n) is 16.8. The average molecular weight is 414 g/mol. The molecular formula is C22H26FN4OS+. The number of ether oxygens (including phenoxy) is 1. The van der Waals surface area contributed by atoms with Gasteiger partial charge in [-0.1, -0.05) is 30.3 Å². The van der Waals surface area contributed by atoms with Crippen LogP contribution in [-0.2, 0) is 26.4 Å². The maximum Gasteiger partial charge on any atom is 0.203 e. The zero-order valence-corrected chi connectivity index (χ0v) is 17.6. The van der Waals surface area contributed by atoms with Gasteiger partial charge in [0.1, 0.15) is 24.7 Å². The molecule has 29 heavy (non-hydrogen) atoms. The first-order valence-corrected chi connectivity index (χ1v) is 9.90. The molecule has 0 bridgehead atoms. The summed E-state index contributed by atoms with van der Waals surface area (Å²) in [6.07, 6.45) is 1.78. The summed E-state index contributed by atoms with van der Waals surface area (Å²) in [6.45, 7) is 8.25. The van der Waals surface area contributed by atoms with E-state index in [1.54, 1.807) is 18.2 Å². The molecule has 0 saturated heterocycles. The van der Waals surface area contributed by atoms with E-state index in [0.717, 1.165) is 6.54 Å². The van der Waals surface area contributed by atoms with E-state index >= 15 is 0 Å². The van der Waals surface area contributed by atoms with Crippen molar-refractivity contribution < 1.29 is 14.0 Å². The van der Waals surface area contributed by atoms with Crippen LogP contribution in [0.4, 0.5) is 4.39 Å². The number of aryl methyl sites for hydroxylation is 1. The lowest BCUT2D eigenvalue weighted by atomic mass is 10.1. The minimum absolute atomic E-state index is 0.243. The Labute approximate surface area is 175 Å². The monoisotopic (exact) mass is 413 g/mol. The molecule has 7 heteroatoms. The third-order valence-electron chi connectivity index (χ3n) is 4.67. The van der Waals surface area contributed by atoms with Crippen molar-refractivity contribution in [3.05, 3.63) is 88.7 Å². The predicted molar refractivity (Wildman–Crippen MR) is 114 cm³/mol. The van der Waals surface area contributed by atoms with Gasteiger partial charge in [0.25, 0.3) is 0 Å². The van der Waals surface area contributed by atoms with Crippen LogP contribution in [-0.4, -0.2) is 21.4 Å². The molecule has 0 saturated carbocycles. The number of nitrogens with zero attached hydrogens (tertiary/aromatic N) is 3. The molecule has 1 atom stereocenters. The fourth-order valence-corrected chi connectivity index (χ4v) is 3.42. The highest BCUT2D eigenvalue weighted by Gasteiger charge is 2.14. The van der Waals surface area contributed by atoms with Crippen LogP contribution >= 0.6 is 12.2 Å². The number of halogens is 1. The third kappa shape index (κ3) is 5.40. The van der Waals surface area contributed by atoms with Gasteiger partial charge in [-0.25, -0.2) is 4.39 Å². The maximum absolute atomic E-state index is 13.1. The first-order chi connectivity index (χ1) is 14.0. The molecule has 0 amide bonds. The van der Waals surface area contributed by atoms with Gasteiger partial charge in [-0.05, 0) is 49.0 Å². The second kappa shape index (κ2) is 9.62. The Hall–Kier alpha value is -2.77. The number of rotatable bonds is 9. The Balaban J connectivity index is 1.74. The van der Waals surface area contributed by atoms with Crippen molar-refractivity contribution >= 4 is 12.2 Å². The Morgan fingerprint density at radius 3 is 2.62 bits per heavy atom. The van der Waals surface area contributed by atoms with Gasteiger partial charge in [-0.15, -0.1) is 11.7 Å². The number of benzene rings is 2. The molecule has 0 aliphatic rings. The minimum atomic E-state index is -0.296. The van der Waals surface area contributed by atoms with Crippen LogP contribution in [0.15, 0.2) is 61.2 Å². The van der Waals surface area contributed by atoms with Crippen LogP contribution in [0.2, 0.25) is 0 Å². The Morgan fingerprint density at radius 1 is 1.21 bits per heavy atom. The molecule has 0 radical (unpaired) electrons. The first kappa shape index (κ1) is 21.0. The number of hydrogen-bond acceptors (Lipinski definition) is 3. The number of aromatic nitrogens is 3. The van der Waals surface area contributed by atoms with E-state index in [1.807, 2.05) is 9.25 Å². The van der Waals surface area contributed by atoms with E-state index in [9.17, 15) is 4.39 Å². The Bertz CT molecular complexity index is 1030. The standard InChI is InChI=1S/C22H25FN4OS/c1-4-13-26-21(15-28-20-11-9-19(23)10-12-20)24-27(22(26)29)16-25(3)14-18-8-6-5-7-17(18)2/h4-12H,1,13-16H2,2-3H3/p+1. The molecular weight excluding hydrogens is 387 g/mol. The highest BCUT2D eigenvalue weighted by Crippen LogP contribution is 2.13. The fourth-order valence-electron chi connectivity index (χ4n) is 3.13. The normalized spacial score (nSPS) is 12.0. The lowest BCUT2D eigenvalue weighted by molar-refractivity contribution is -0.917. The minimum Gasteiger partial charge on any atom is -0.486 e. The molecule has 1 heterocycles. The topological polar surface area (TPSA) is 36.4 Å². The second-order valence-electron chi connectivity index (χ2n) is 7.06. The molecule has 3 rings (SSSR count). The molecule has 1 unspecified atom stereocenters. The van der Waals surface area contributed by atoms with Gasteiger partial charge in [0.05, 0.1) is 7.05 Å². The van der Waals surface area contributed by atoms with Crippen LogP contribution in [0, 0.1) is 17.5 Å². The smallest absolute Gasteiger partial charge is 0.203 e. The highest BCUT2D eigenvalue weighted by atomic mass is 32.1. The summed E-state index contributed by atoms with van der Waals surface area (Å²) in [6, 6.07) is 14.3. The van der Waals surface area contributed by atoms with Crippen molar-refractivity contribution in [1.29, 1.82) is 0 Å². The van der Waals surface area contributed by atoms with Crippen LogP contribution in [0.1, 0.15) is 17.0 Å². The van der Waals surface area contributed by atoms with Gasteiger partial charge in [0.2, 0.25) is 4.77 Å². The van der Waals surface area contributed by atoms with Crippen molar-refractivity contribution in [2.24, 2.45) is 0 Å². The fraction of sp³-hybridized carbons (Fsp3) is 0.273. The molecule has 2 aromatic carbocycles. The number of quaternary nitrogens is 1. The highest BCUT2D eigenvalue weighted by molar-refractivity contribution is 7.71. The van der Waals surface area contributed by atoms with E-state index in [2.05, 4.69) is 49.9 Å². The molecule has 1 N–H and O–H groups in total. The summed E-state index contributed by atoms with van der Waals surface area (Å²) in [5.74, 6) is 0.998. The molecule has 0 fully saturated rings. The molecule has 5 nitrogen and oxygen atoms in total. The summed E-state index contributed by atoms with van der Waals surface area (Å²) in [5, 5.41) is 4.67. The van der Waals surface area contributed by atoms with Gasteiger partial charge in [-0.3, -0.25) is 4.57 Å². The number of allylic oxidation sites excluding steroid dienone is 1. The van der Waals surface area contributed by atoms with E-state index < -0.39 is 0 Å². The largest absolute Gasteiger partial charge is 0.486 e. The summed E-state index contributed by atoms with van der Waals surface area (Å²) in [5.41, 5.74) is 2.59. The van der Waals surface area contributed by atoms with Crippen molar-refractivity contribution in [1.82, 2.24) is 14.3 Å². The van der Waals surface area contributed by atoms with E-state index in [0.29, 0.717) is 29.6 Å². The molecule has 0 aliphatic heterocycles. The number of hydrogen-bond donors (Lipinski definition) is 1. The average Bonchev–Trinajstić information content (AvgIpc) is 2.98. The summed E-state index contributed by atoms with van der Waals surface area (Å²) >= 11 is 5.63. The van der Waals surface area contributed by atoms with E-state index in [1.165, 1.54) is 28.2 Å². The summed E-state index contributed by atoms with van der Waals surface area (Å²) < 4.78 is 23.2. The van der Waals surface area contributed by atoms with Crippen molar-refractivity contribution in [3.63, 3.8) is 0 Å². The number of nitrogens with one attached hydrogen (secondary N) is 1. The Morgan fingerprint density at radius 2 is 1.93 bits per heavy atom. The Kier molecular flexibility index (Phi) is 6.95. The zero-order chi connectivity index (χ0) is 20.8. The van der Waals surface area contributed by atoms with Crippen LogP contribution in [0.3, 0.4) is 0 Å². The van der Waals surface area contributed by atoms with Crippen molar-refractivity contribution in [3.8, 4) is 5.75 Å². The second-order valence-corrected chi connectivity index (χ2v) is 7.42. The summed E-state index contributed by atoms with van der Waals surface area (Å²) in [4.78, 5) is 1.27.